The van der Waals surface area contributed by atoms with Crippen molar-refractivity contribution in [3.63, 3.8) is 0 Å². The molecule has 2 aliphatic heterocycles. The van der Waals surface area contributed by atoms with Gasteiger partial charge in [-0.05, 0) is 19.1 Å². The van der Waals surface area contributed by atoms with Gasteiger partial charge in [-0.3, -0.25) is 9.69 Å². The van der Waals surface area contributed by atoms with Crippen LogP contribution in [-0.2, 0) is 11.3 Å². The third-order valence-corrected chi connectivity index (χ3v) is 6.05. The van der Waals surface area contributed by atoms with E-state index in [0.717, 1.165) is 86.3 Å². The maximum Gasteiger partial charge on any atom is 0.209 e. The minimum atomic E-state index is 0.742. The molecule has 0 aliphatic carbocycles. The van der Waals surface area contributed by atoms with E-state index in [1.165, 1.54) is 5.56 Å². The summed E-state index contributed by atoms with van der Waals surface area (Å²) < 4.78 is 0. The molecule has 7 heteroatoms. The highest BCUT2D eigenvalue weighted by atomic mass is 32.2. The Morgan fingerprint density at radius 2 is 1.85 bits per heavy atom. The van der Waals surface area contributed by atoms with E-state index in [9.17, 15) is 4.79 Å². The lowest BCUT2D eigenvalue weighted by Crippen LogP contribution is -2.45. The summed E-state index contributed by atoms with van der Waals surface area (Å²) in [6.07, 6.45) is 0.943. The first-order valence-corrected chi connectivity index (χ1v) is 10.4. The molecule has 0 unspecified atom stereocenters. The van der Waals surface area contributed by atoms with Crippen molar-refractivity contribution in [3.8, 4) is 0 Å². The van der Waals surface area contributed by atoms with E-state index in [1.54, 1.807) is 0 Å². The van der Waals surface area contributed by atoms with Gasteiger partial charge in [-0.1, -0.05) is 11.6 Å². The molecule has 2 aliphatic rings. The van der Waals surface area contributed by atoms with E-state index in [4.69, 9.17) is 9.97 Å². The highest BCUT2D eigenvalue weighted by molar-refractivity contribution is 7.99. The number of nitrogens with zero attached hydrogens (tertiary/aromatic N) is 5. The van der Waals surface area contributed by atoms with Crippen molar-refractivity contribution in [2.75, 3.05) is 55.7 Å². The molecule has 138 valence electrons. The number of amides is 1. The van der Waals surface area contributed by atoms with Crippen molar-refractivity contribution in [1.82, 2.24) is 19.8 Å². The molecule has 0 bridgehead atoms. The van der Waals surface area contributed by atoms with Gasteiger partial charge in [0.25, 0.3) is 0 Å². The minimum Gasteiger partial charge on any atom is -0.354 e. The summed E-state index contributed by atoms with van der Waals surface area (Å²) in [6, 6.07) is 6.44. The zero-order chi connectivity index (χ0) is 17.9. The number of thioether (sulfide) groups is 1. The summed E-state index contributed by atoms with van der Waals surface area (Å²) in [7, 11) is 0. The Hall–Kier alpha value is -1.86. The molecule has 0 atom stereocenters. The van der Waals surface area contributed by atoms with E-state index in [0.29, 0.717) is 0 Å². The second kappa shape index (κ2) is 7.80. The Kier molecular flexibility index (Phi) is 5.26. The number of anilines is 1. The van der Waals surface area contributed by atoms with E-state index in [1.807, 2.05) is 16.7 Å². The maximum atomic E-state index is 10.9. The Morgan fingerprint density at radius 1 is 1.08 bits per heavy atom. The molecule has 3 heterocycles. The van der Waals surface area contributed by atoms with E-state index in [2.05, 4.69) is 34.9 Å². The van der Waals surface area contributed by atoms with Gasteiger partial charge in [-0.15, -0.1) is 0 Å². The molecular weight excluding hydrogens is 346 g/mol. The number of carbonyl (C=O) groups excluding carboxylic acids is 1. The highest BCUT2D eigenvalue weighted by Gasteiger charge is 2.20. The van der Waals surface area contributed by atoms with Gasteiger partial charge in [0, 0.05) is 56.2 Å². The smallest absolute Gasteiger partial charge is 0.209 e. The quantitative estimate of drug-likeness (QED) is 0.764. The molecule has 0 spiro atoms. The van der Waals surface area contributed by atoms with Crippen LogP contribution in [-0.4, -0.2) is 77.0 Å². The van der Waals surface area contributed by atoms with Gasteiger partial charge < -0.3 is 9.80 Å². The molecule has 1 aromatic carbocycles. The molecule has 0 radical (unpaired) electrons. The fraction of sp³-hybridized carbons (Fsp3) is 0.526. The van der Waals surface area contributed by atoms with E-state index < -0.39 is 0 Å². The molecule has 6 nitrogen and oxygen atoms in total. The summed E-state index contributed by atoms with van der Waals surface area (Å²) in [4.78, 5) is 27.3. The fourth-order valence-electron chi connectivity index (χ4n) is 3.59. The average molecular weight is 372 g/mol. The maximum absolute atomic E-state index is 10.9. The number of fused-ring (bicyclic) bond motifs is 1. The highest BCUT2D eigenvalue weighted by Crippen LogP contribution is 2.27. The van der Waals surface area contributed by atoms with E-state index >= 15 is 0 Å². The zero-order valence-electron chi connectivity index (χ0n) is 15.2. The van der Waals surface area contributed by atoms with Crippen molar-refractivity contribution in [1.29, 1.82) is 0 Å². The summed E-state index contributed by atoms with van der Waals surface area (Å²) >= 11 is 2.01. The molecule has 0 N–H and O–H groups in total. The van der Waals surface area contributed by atoms with Gasteiger partial charge in [0.05, 0.1) is 12.1 Å². The summed E-state index contributed by atoms with van der Waals surface area (Å²) in [5, 5.41) is 1.16. The second-order valence-electron chi connectivity index (χ2n) is 7.00. The van der Waals surface area contributed by atoms with Crippen LogP contribution < -0.4 is 4.90 Å². The van der Waals surface area contributed by atoms with Crippen LogP contribution in [0.15, 0.2) is 18.2 Å². The Morgan fingerprint density at radius 3 is 2.58 bits per heavy atom. The van der Waals surface area contributed by atoms with Gasteiger partial charge in [0.2, 0.25) is 6.41 Å². The molecule has 2 saturated heterocycles. The third kappa shape index (κ3) is 3.78. The van der Waals surface area contributed by atoms with Crippen molar-refractivity contribution >= 4 is 34.9 Å². The lowest BCUT2D eigenvalue weighted by atomic mass is 10.1. The van der Waals surface area contributed by atoms with Crippen molar-refractivity contribution in [3.05, 3.63) is 29.6 Å². The monoisotopic (exact) mass is 371 g/mol. The number of aromatic nitrogens is 2. The summed E-state index contributed by atoms with van der Waals surface area (Å²) in [6.45, 7) is 8.28. The van der Waals surface area contributed by atoms with Gasteiger partial charge >= 0.3 is 0 Å². The number of hydrogen-bond acceptors (Lipinski definition) is 6. The third-order valence-electron chi connectivity index (χ3n) is 5.11. The minimum absolute atomic E-state index is 0.742. The van der Waals surface area contributed by atoms with Crippen LogP contribution in [0.4, 0.5) is 5.82 Å². The molecular formula is C19H25N5OS. The van der Waals surface area contributed by atoms with E-state index in [-0.39, 0.29) is 0 Å². The van der Waals surface area contributed by atoms with Crippen LogP contribution in [0.2, 0.25) is 0 Å². The number of hydrogen-bond donors (Lipinski definition) is 0. The number of aryl methyl sites for hydroxylation is 1. The zero-order valence-corrected chi connectivity index (χ0v) is 16.0. The summed E-state index contributed by atoms with van der Waals surface area (Å²) in [5.74, 6) is 4.27. The number of carbonyl (C=O) groups is 1. The molecule has 1 aromatic heterocycles. The predicted molar refractivity (Wildman–Crippen MR) is 107 cm³/mol. The molecule has 2 fully saturated rings. The van der Waals surface area contributed by atoms with Crippen molar-refractivity contribution in [2.24, 2.45) is 0 Å². The largest absolute Gasteiger partial charge is 0.354 e. The van der Waals surface area contributed by atoms with Crippen LogP contribution in [0.1, 0.15) is 11.4 Å². The first kappa shape index (κ1) is 17.5. The molecule has 26 heavy (non-hydrogen) atoms. The van der Waals surface area contributed by atoms with Crippen LogP contribution in [0, 0.1) is 6.92 Å². The van der Waals surface area contributed by atoms with Gasteiger partial charge in [-0.25, -0.2) is 9.97 Å². The molecule has 0 saturated carbocycles. The number of rotatable bonds is 4. The van der Waals surface area contributed by atoms with Crippen LogP contribution in [0.5, 0.6) is 0 Å². The Balaban J connectivity index is 1.63. The second-order valence-corrected chi connectivity index (χ2v) is 8.23. The van der Waals surface area contributed by atoms with Crippen molar-refractivity contribution in [2.45, 2.75) is 13.5 Å². The molecule has 4 rings (SSSR count). The van der Waals surface area contributed by atoms with Crippen LogP contribution >= 0.6 is 11.8 Å². The van der Waals surface area contributed by atoms with Crippen molar-refractivity contribution < 1.29 is 4.79 Å². The molecule has 2 aromatic rings. The standard InChI is InChI=1S/C19H25N5OS/c1-15-2-3-17-16(12-15)19(24-8-10-26-11-9-24)21-18(20-17)13-22-4-6-23(14-25)7-5-22/h2-3,12,14H,4-11,13H2,1H3. The number of benzene rings is 1. The topological polar surface area (TPSA) is 52.6 Å². The number of piperazine rings is 1. The van der Waals surface area contributed by atoms with Gasteiger partial charge in [-0.2, -0.15) is 11.8 Å². The lowest BCUT2D eigenvalue weighted by molar-refractivity contribution is -0.119. The summed E-state index contributed by atoms with van der Waals surface area (Å²) in [5.41, 5.74) is 2.27. The Bertz CT molecular complexity index is 785. The predicted octanol–water partition coefficient (Wildman–Crippen LogP) is 1.77. The SMILES string of the molecule is Cc1ccc2nc(CN3CCN(C=O)CC3)nc(N3CCSCC3)c2c1. The normalized spacial score (nSPS) is 19.1. The van der Waals surface area contributed by atoms with Crippen LogP contribution in [0.25, 0.3) is 10.9 Å². The first-order valence-electron chi connectivity index (χ1n) is 9.24. The van der Waals surface area contributed by atoms with Crippen LogP contribution in [0.3, 0.4) is 0 Å². The first-order chi connectivity index (χ1) is 12.7. The Labute approximate surface area is 158 Å². The molecule has 1 amide bonds. The fourth-order valence-corrected chi connectivity index (χ4v) is 4.49. The average Bonchev–Trinajstić information content (AvgIpc) is 2.69. The van der Waals surface area contributed by atoms with Gasteiger partial charge in [0.15, 0.2) is 0 Å². The van der Waals surface area contributed by atoms with Gasteiger partial charge in [0.1, 0.15) is 11.6 Å². The lowest BCUT2D eigenvalue weighted by Gasteiger charge is -2.32.